The molecule has 0 aromatic carbocycles. The summed E-state index contributed by atoms with van der Waals surface area (Å²) < 4.78 is 17.7. The standard InChI is InChI=1S/C33H64O4/c1-3-5-7-9-11-13-15-16-17-18-19-20-22-24-26-28-33(36-30-32(34)31-37-33)35-29-27-25-23-21-14-12-10-8-6-4-2/h3-31H2,1-2H3. The predicted octanol–water partition coefficient (Wildman–Crippen LogP) is 10.5. The molecule has 1 saturated heterocycles. The van der Waals surface area contributed by atoms with E-state index in [4.69, 9.17) is 14.2 Å². The first-order chi connectivity index (χ1) is 18.2. The number of Topliss-reactive ketones (excluding diaryl/α,β-unsaturated/α-hetero) is 1. The molecular weight excluding hydrogens is 460 g/mol. The van der Waals surface area contributed by atoms with E-state index in [-0.39, 0.29) is 19.0 Å². The van der Waals surface area contributed by atoms with E-state index in [1.165, 1.54) is 148 Å². The quantitative estimate of drug-likeness (QED) is 0.0955. The van der Waals surface area contributed by atoms with Crippen LogP contribution >= 0.6 is 0 Å². The van der Waals surface area contributed by atoms with Crippen LogP contribution in [0.25, 0.3) is 0 Å². The second-order valence-electron chi connectivity index (χ2n) is 11.5. The highest BCUT2D eigenvalue weighted by Crippen LogP contribution is 2.27. The van der Waals surface area contributed by atoms with Crippen molar-refractivity contribution < 1.29 is 19.0 Å². The summed E-state index contributed by atoms with van der Waals surface area (Å²) in [5.41, 5.74) is 0. The van der Waals surface area contributed by atoms with Crippen molar-refractivity contribution >= 4 is 5.78 Å². The maximum atomic E-state index is 11.6. The van der Waals surface area contributed by atoms with Crippen molar-refractivity contribution in [3.8, 4) is 0 Å². The van der Waals surface area contributed by atoms with Gasteiger partial charge in [-0.1, -0.05) is 162 Å². The first-order valence-corrected chi connectivity index (χ1v) is 16.7. The summed E-state index contributed by atoms with van der Waals surface area (Å²) in [6.45, 7) is 5.46. The van der Waals surface area contributed by atoms with Crippen LogP contribution in [0.3, 0.4) is 0 Å². The third-order valence-electron chi connectivity index (χ3n) is 7.81. The van der Waals surface area contributed by atoms with Gasteiger partial charge >= 0.3 is 0 Å². The maximum Gasteiger partial charge on any atom is 0.283 e. The van der Waals surface area contributed by atoms with Gasteiger partial charge in [0, 0.05) is 6.42 Å². The fraction of sp³-hybridized carbons (Fsp3) is 0.970. The van der Waals surface area contributed by atoms with Gasteiger partial charge in [0.1, 0.15) is 13.2 Å². The van der Waals surface area contributed by atoms with E-state index in [1.807, 2.05) is 0 Å². The number of ketones is 1. The second-order valence-corrected chi connectivity index (χ2v) is 11.5. The average Bonchev–Trinajstić information content (AvgIpc) is 2.91. The molecule has 0 spiro atoms. The normalized spacial score (nSPS) is 15.5. The summed E-state index contributed by atoms with van der Waals surface area (Å²) in [6, 6.07) is 0. The summed E-state index contributed by atoms with van der Waals surface area (Å²) >= 11 is 0. The molecule has 0 saturated carbocycles. The summed E-state index contributed by atoms with van der Waals surface area (Å²) in [4.78, 5) is 11.6. The van der Waals surface area contributed by atoms with Crippen molar-refractivity contribution in [2.24, 2.45) is 0 Å². The Labute approximate surface area is 231 Å². The van der Waals surface area contributed by atoms with Crippen LogP contribution in [0.5, 0.6) is 0 Å². The van der Waals surface area contributed by atoms with Crippen molar-refractivity contribution in [1.82, 2.24) is 0 Å². The monoisotopic (exact) mass is 524 g/mol. The Morgan fingerprint density at radius 3 is 1.22 bits per heavy atom. The summed E-state index contributed by atoms with van der Waals surface area (Å²) in [6.07, 6.45) is 34.1. The van der Waals surface area contributed by atoms with E-state index >= 15 is 0 Å². The largest absolute Gasteiger partial charge is 0.327 e. The van der Waals surface area contributed by atoms with Gasteiger partial charge in [0.05, 0.1) is 6.61 Å². The number of unbranched alkanes of at least 4 members (excludes halogenated alkanes) is 23. The van der Waals surface area contributed by atoms with Gasteiger partial charge in [0.2, 0.25) is 0 Å². The van der Waals surface area contributed by atoms with Gasteiger partial charge in [-0.05, 0) is 12.8 Å². The molecule has 220 valence electrons. The molecule has 1 heterocycles. The summed E-state index contributed by atoms with van der Waals surface area (Å²) in [5, 5.41) is 0. The van der Waals surface area contributed by atoms with E-state index in [0.29, 0.717) is 6.61 Å². The number of carbonyl (C=O) groups excluding carboxylic acids is 1. The van der Waals surface area contributed by atoms with Gasteiger partial charge in [0.15, 0.2) is 5.78 Å². The van der Waals surface area contributed by atoms with Crippen LogP contribution < -0.4 is 0 Å². The lowest BCUT2D eigenvalue weighted by Crippen LogP contribution is -2.47. The molecule has 1 aliphatic rings. The van der Waals surface area contributed by atoms with Gasteiger partial charge in [-0.2, -0.15) is 0 Å². The highest BCUT2D eigenvalue weighted by molar-refractivity contribution is 5.81. The molecule has 0 atom stereocenters. The lowest BCUT2D eigenvalue weighted by Gasteiger charge is -2.36. The molecular formula is C33H64O4. The molecule has 0 radical (unpaired) electrons. The molecule has 1 rings (SSSR count). The van der Waals surface area contributed by atoms with Crippen molar-refractivity contribution in [1.29, 1.82) is 0 Å². The fourth-order valence-electron chi connectivity index (χ4n) is 5.29. The highest BCUT2D eigenvalue weighted by Gasteiger charge is 2.37. The minimum Gasteiger partial charge on any atom is -0.327 e. The number of carbonyl (C=O) groups is 1. The van der Waals surface area contributed by atoms with Gasteiger partial charge in [0.25, 0.3) is 5.97 Å². The van der Waals surface area contributed by atoms with Crippen LogP contribution in [-0.4, -0.2) is 31.6 Å². The molecule has 37 heavy (non-hydrogen) atoms. The second kappa shape index (κ2) is 25.8. The number of hydrogen-bond donors (Lipinski definition) is 0. The average molecular weight is 525 g/mol. The van der Waals surface area contributed by atoms with Crippen molar-refractivity contribution in [2.45, 2.75) is 187 Å². The first kappa shape index (κ1) is 34.6. The van der Waals surface area contributed by atoms with E-state index < -0.39 is 5.97 Å². The van der Waals surface area contributed by atoms with Crippen LogP contribution in [-0.2, 0) is 19.0 Å². The number of rotatable bonds is 28. The fourth-order valence-corrected chi connectivity index (χ4v) is 5.29. The van der Waals surface area contributed by atoms with Crippen LogP contribution in [0.4, 0.5) is 0 Å². The molecule has 4 heteroatoms. The Kier molecular flexibility index (Phi) is 24.1. The molecule has 0 aliphatic carbocycles. The van der Waals surface area contributed by atoms with Crippen LogP contribution in [0.2, 0.25) is 0 Å². The van der Waals surface area contributed by atoms with E-state index in [9.17, 15) is 4.79 Å². The van der Waals surface area contributed by atoms with E-state index in [0.717, 1.165) is 19.3 Å². The Morgan fingerprint density at radius 2 is 0.838 bits per heavy atom. The molecule has 0 unspecified atom stereocenters. The Morgan fingerprint density at radius 1 is 0.514 bits per heavy atom. The smallest absolute Gasteiger partial charge is 0.283 e. The summed E-state index contributed by atoms with van der Waals surface area (Å²) in [5.74, 6) is -0.973. The molecule has 0 N–H and O–H groups in total. The predicted molar refractivity (Wildman–Crippen MR) is 157 cm³/mol. The molecule has 4 nitrogen and oxygen atoms in total. The number of hydrogen-bond acceptors (Lipinski definition) is 4. The van der Waals surface area contributed by atoms with Crippen molar-refractivity contribution in [3.63, 3.8) is 0 Å². The van der Waals surface area contributed by atoms with Gasteiger partial charge in [-0.3, -0.25) is 4.79 Å². The zero-order chi connectivity index (χ0) is 26.7. The molecule has 1 fully saturated rings. The summed E-state index contributed by atoms with van der Waals surface area (Å²) in [7, 11) is 0. The molecule has 0 aromatic rings. The highest BCUT2D eigenvalue weighted by atomic mass is 16.9. The van der Waals surface area contributed by atoms with Gasteiger partial charge < -0.3 is 14.2 Å². The minimum atomic E-state index is -0.982. The van der Waals surface area contributed by atoms with Crippen LogP contribution in [0.1, 0.15) is 181 Å². The van der Waals surface area contributed by atoms with Gasteiger partial charge in [-0.25, -0.2) is 0 Å². The third kappa shape index (κ3) is 21.1. The zero-order valence-electron chi connectivity index (χ0n) is 25.1. The van der Waals surface area contributed by atoms with Crippen molar-refractivity contribution in [2.75, 3.05) is 19.8 Å². The van der Waals surface area contributed by atoms with Crippen molar-refractivity contribution in [3.05, 3.63) is 0 Å². The minimum absolute atomic E-state index is 0.00894. The Hall–Kier alpha value is -0.450. The topological polar surface area (TPSA) is 44.8 Å². The van der Waals surface area contributed by atoms with Gasteiger partial charge in [-0.15, -0.1) is 0 Å². The molecule has 0 amide bonds. The maximum absolute atomic E-state index is 11.6. The zero-order valence-corrected chi connectivity index (χ0v) is 25.1. The van der Waals surface area contributed by atoms with E-state index in [2.05, 4.69) is 13.8 Å². The molecule has 0 aromatic heterocycles. The van der Waals surface area contributed by atoms with Crippen LogP contribution in [0, 0.1) is 0 Å². The van der Waals surface area contributed by atoms with E-state index in [1.54, 1.807) is 0 Å². The Balaban J connectivity index is 2.00. The SMILES string of the molecule is CCCCCCCCCCCCCCCCCC1(OCCCCCCCCCCCC)OCC(=O)CO1. The Bertz CT molecular complexity index is 483. The lowest BCUT2D eigenvalue weighted by atomic mass is 10.0. The lowest BCUT2D eigenvalue weighted by molar-refractivity contribution is -0.389. The first-order valence-electron chi connectivity index (χ1n) is 16.7. The van der Waals surface area contributed by atoms with Crippen LogP contribution in [0.15, 0.2) is 0 Å². The molecule has 1 aliphatic heterocycles. The molecule has 0 bridgehead atoms. The third-order valence-corrected chi connectivity index (χ3v) is 7.81. The number of ether oxygens (including phenoxy) is 3.